The predicted molar refractivity (Wildman–Crippen MR) is 94.9 cm³/mol. The van der Waals surface area contributed by atoms with Crippen LogP contribution in [0.15, 0.2) is 39.3 Å². The zero-order valence-corrected chi connectivity index (χ0v) is 15.1. The fraction of sp³-hybridized carbons (Fsp3) is 0.312. The number of rotatable bonds is 6. The summed E-state index contributed by atoms with van der Waals surface area (Å²) in [4.78, 5) is 26.0. The summed E-state index contributed by atoms with van der Waals surface area (Å²) < 4.78 is 5.67. The Bertz CT molecular complexity index is 717. The maximum absolute atomic E-state index is 12.4. The van der Waals surface area contributed by atoms with E-state index in [-0.39, 0.29) is 18.5 Å². The Kier molecular flexibility index (Phi) is 6.36. The van der Waals surface area contributed by atoms with E-state index < -0.39 is 0 Å². The molecule has 0 bridgehead atoms. The third-order valence-corrected chi connectivity index (χ3v) is 3.82. The molecule has 0 aliphatic carbocycles. The van der Waals surface area contributed by atoms with Gasteiger partial charge in [0.1, 0.15) is 12.3 Å². The lowest BCUT2D eigenvalue weighted by atomic mass is 10.3. The minimum Gasteiger partial charge on any atom is -0.360 e. The van der Waals surface area contributed by atoms with Gasteiger partial charge in [-0.3, -0.25) is 4.79 Å². The van der Waals surface area contributed by atoms with Crippen LogP contribution in [0.3, 0.4) is 0 Å². The summed E-state index contributed by atoms with van der Waals surface area (Å²) in [6, 6.07) is 8.57. The fourth-order valence-corrected chi connectivity index (χ4v) is 2.44. The molecule has 1 aromatic carbocycles. The Balaban J connectivity index is 1.98. The van der Waals surface area contributed by atoms with E-state index in [1.165, 1.54) is 4.90 Å². The number of urea groups is 1. The summed E-state index contributed by atoms with van der Waals surface area (Å²) in [6.45, 7) is 4.06. The van der Waals surface area contributed by atoms with Gasteiger partial charge in [-0.25, -0.2) is 4.79 Å². The zero-order chi connectivity index (χ0) is 17.5. The van der Waals surface area contributed by atoms with Gasteiger partial charge >= 0.3 is 6.03 Å². The smallest absolute Gasteiger partial charge is 0.322 e. The highest BCUT2D eigenvalue weighted by Gasteiger charge is 2.18. The molecule has 0 spiro atoms. The van der Waals surface area contributed by atoms with E-state index >= 15 is 0 Å². The quantitative estimate of drug-likeness (QED) is 0.782. The van der Waals surface area contributed by atoms with Crippen LogP contribution in [-0.2, 0) is 4.79 Å². The van der Waals surface area contributed by atoms with Crippen molar-refractivity contribution in [1.29, 1.82) is 0 Å². The van der Waals surface area contributed by atoms with Crippen molar-refractivity contribution < 1.29 is 14.1 Å². The second kappa shape index (κ2) is 8.49. The van der Waals surface area contributed by atoms with Crippen LogP contribution in [0.5, 0.6) is 0 Å². The van der Waals surface area contributed by atoms with Crippen LogP contribution in [-0.4, -0.2) is 35.1 Å². The molecule has 0 aliphatic rings. The van der Waals surface area contributed by atoms with Crippen LogP contribution in [0.4, 0.5) is 16.3 Å². The molecule has 0 saturated heterocycles. The number of hydrogen-bond acceptors (Lipinski definition) is 4. The molecule has 2 aromatic rings. The van der Waals surface area contributed by atoms with Crippen LogP contribution in [0.2, 0.25) is 0 Å². The molecule has 0 fully saturated rings. The fourth-order valence-electron chi connectivity index (χ4n) is 2.06. The number of nitrogens with one attached hydrogen (secondary N) is 2. The monoisotopic (exact) mass is 394 g/mol. The van der Waals surface area contributed by atoms with Crippen LogP contribution in [0.25, 0.3) is 0 Å². The summed E-state index contributed by atoms with van der Waals surface area (Å²) in [5, 5.41) is 9.10. The molecular weight excluding hydrogens is 376 g/mol. The van der Waals surface area contributed by atoms with Gasteiger partial charge in [0.05, 0.1) is 5.69 Å². The number of carbonyl (C=O) groups is 2. The van der Waals surface area contributed by atoms with E-state index in [2.05, 4.69) is 31.7 Å². The van der Waals surface area contributed by atoms with E-state index in [1.54, 1.807) is 19.1 Å². The Morgan fingerprint density at radius 2 is 2.04 bits per heavy atom. The molecule has 128 valence electrons. The standard InChI is InChI=1S/C16H19BrN4O3/c1-3-8-21(10-15(22)19-14-9-11(2)24-20-14)16(23)18-13-7-5-4-6-12(13)17/h4-7,9H,3,8,10H2,1-2H3,(H,18,23)(H,19,20,22). The lowest BCUT2D eigenvalue weighted by Gasteiger charge is -2.22. The molecule has 0 aliphatic heterocycles. The number of anilines is 2. The molecule has 0 saturated carbocycles. The first-order valence-corrected chi connectivity index (χ1v) is 8.32. The topological polar surface area (TPSA) is 87.5 Å². The van der Waals surface area contributed by atoms with Crippen molar-refractivity contribution in [2.45, 2.75) is 20.3 Å². The molecule has 2 N–H and O–H groups in total. The number of aryl methyl sites for hydroxylation is 1. The second-order valence-corrected chi connectivity index (χ2v) is 6.06. The number of carbonyl (C=O) groups excluding carboxylic acids is 2. The van der Waals surface area contributed by atoms with Crippen molar-refractivity contribution in [2.24, 2.45) is 0 Å². The normalized spacial score (nSPS) is 10.3. The van der Waals surface area contributed by atoms with Crippen molar-refractivity contribution in [3.8, 4) is 0 Å². The van der Waals surface area contributed by atoms with Crippen molar-refractivity contribution >= 4 is 39.4 Å². The Morgan fingerprint density at radius 1 is 1.29 bits per heavy atom. The van der Waals surface area contributed by atoms with Crippen LogP contribution in [0, 0.1) is 6.92 Å². The average Bonchev–Trinajstić information content (AvgIpc) is 2.94. The van der Waals surface area contributed by atoms with Crippen molar-refractivity contribution in [2.75, 3.05) is 23.7 Å². The molecule has 0 radical (unpaired) electrons. The molecule has 1 aromatic heterocycles. The number of aromatic nitrogens is 1. The molecule has 1 heterocycles. The van der Waals surface area contributed by atoms with Gasteiger partial charge in [0, 0.05) is 17.1 Å². The average molecular weight is 395 g/mol. The van der Waals surface area contributed by atoms with Gasteiger partial charge < -0.3 is 20.1 Å². The van der Waals surface area contributed by atoms with Crippen LogP contribution in [0.1, 0.15) is 19.1 Å². The number of para-hydroxylation sites is 1. The van der Waals surface area contributed by atoms with Crippen molar-refractivity contribution in [3.05, 3.63) is 40.6 Å². The van der Waals surface area contributed by atoms with E-state index in [9.17, 15) is 9.59 Å². The largest absolute Gasteiger partial charge is 0.360 e. The summed E-state index contributed by atoms with van der Waals surface area (Å²) in [7, 11) is 0. The number of halogens is 1. The van der Waals surface area contributed by atoms with Crippen molar-refractivity contribution in [3.63, 3.8) is 0 Å². The van der Waals surface area contributed by atoms with Gasteiger partial charge in [-0.15, -0.1) is 0 Å². The molecule has 0 atom stereocenters. The first kappa shape index (κ1) is 18.0. The molecule has 7 nitrogen and oxygen atoms in total. The first-order valence-electron chi connectivity index (χ1n) is 7.53. The third kappa shape index (κ3) is 5.09. The number of amides is 3. The maximum Gasteiger partial charge on any atom is 0.322 e. The highest BCUT2D eigenvalue weighted by atomic mass is 79.9. The molecule has 24 heavy (non-hydrogen) atoms. The van der Waals surface area contributed by atoms with Gasteiger partial charge in [0.2, 0.25) is 5.91 Å². The van der Waals surface area contributed by atoms with Gasteiger partial charge in [0.15, 0.2) is 5.82 Å². The summed E-state index contributed by atoms with van der Waals surface area (Å²) >= 11 is 3.38. The van der Waals surface area contributed by atoms with Gasteiger partial charge in [0.25, 0.3) is 0 Å². The van der Waals surface area contributed by atoms with E-state index in [0.29, 0.717) is 23.8 Å². The number of benzene rings is 1. The summed E-state index contributed by atoms with van der Waals surface area (Å²) in [5.41, 5.74) is 0.649. The molecule has 0 unspecified atom stereocenters. The van der Waals surface area contributed by atoms with Gasteiger partial charge in [-0.2, -0.15) is 0 Å². The van der Waals surface area contributed by atoms with Crippen LogP contribution < -0.4 is 10.6 Å². The Morgan fingerprint density at radius 3 is 2.67 bits per heavy atom. The molecule has 8 heteroatoms. The minimum absolute atomic E-state index is 0.0734. The summed E-state index contributed by atoms with van der Waals surface area (Å²) in [5.74, 6) is 0.599. The van der Waals surface area contributed by atoms with Gasteiger partial charge in [-0.1, -0.05) is 24.2 Å². The first-order chi connectivity index (χ1) is 11.5. The molecule has 3 amide bonds. The molecule has 2 rings (SSSR count). The van der Waals surface area contributed by atoms with E-state index in [1.807, 2.05) is 25.1 Å². The second-order valence-electron chi connectivity index (χ2n) is 5.20. The Labute approximate surface area is 148 Å². The van der Waals surface area contributed by atoms with Crippen molar-refractivity contribution in [1.82, 2.24) is 10.1 Å². The number of nitrogens with zero attached hydrogens (tertiary/aromatic N) is 2. The highest BCUT2D eigenvalue weighted by molar-refractivity contribution is 9.10. The SMILES string of the molecule is CCCN(CC(=O)Nc1cc(C)on1)C(=O)Nc1ccccc1Br. The highest BCUT2D eigenvalue weighted by Crippen LogP contribution is 2.21. The molecular formula is C16H19BrN4O3. The van der Waals surface area contributed by atoms with E-state index in [0.717, 1.165) is 10.9 Å². The Hall–Kier alpha value is -2.35. The lowest BCUT2D eigenvalue weighted by molar-refractivity contribution is -0.116. The predicted octanol–water partition coefficient (Wildman–Crippen LogP) is 3.63. The third-order valence-electron chi connectivity index (χ3n) is 3.13. The number of hydrogen-bond donors (Lipinski definition) is 2. The van der Waals surface area contributed by atoms with E-state index in [4.69, 9.17) is 4.52 Å². The zero-order valence-electron chi connectivity index (χ0n) is 13.5. The lowest BCUT2D eigenvalue weighted by Crippen LogP contribution is -2.41. The maximum atomic E-state index is 12.4. The van der Waals surface area contributed by atoms with Gasteiger partial charge in [-0.05, 0) is 41.4 Å². The van der Waals surface area contributed by atoms with Crippen LogP contribution >= 0.6 is 15.9 Å². The minimum atomic E-state index is -0.338. The summed E-state index contributed by atoms with van der Waals surface area (Å²) in [6.07, 6.45) is 0.736.